The van der Waals surface area contributed by atoms with Gasteiger partial charge < -0.3 is 9.47 Å². The van der Waals surface area contributed by atoms with Gasteiger partial charge >= 0.3 is 0 Å². The van der Waals surface area contributed by atoms with Crippen molar-refractivity contribution in [3.05, 3.63) is 431 Å². The second-order valence-electron chi connectivity index (χ2n) is 32.1. The minimum absolute atomic E-state index is 0.792. The first-order valence-electron chi connectivity index (χ1n) is 42.6. The fourth-order valence-corrected chi connectivity index (χ4v) is 16.8. The summed E-state index contributed by atoms with van der Waals surface area (Å²) in [5.74, 6) is 2.38. The fraction of sp³-hybridized carbons (Fsp3) is 0.133. The molecule has 19 aromatic rings. The Bertz CT molecular complexity index is 6630. The number of rotatable bonds is 10. The van der Waals surface area contributed by atoms with Crippen LogP contribution >= 0.6 is 11.8 Å². The van der Waals surface area contributed by atoms with Crippen molar-refractivity contribution in [1.29, 1.82) is 0 Å². The predicted molar refractivity (Wildman–Crippen MR) is 524 cm³/mol. The first-order chi connectivity index (χ1) is 61.0. The van der Waals surface area contributed by atoms with Crippen molar-refractivity contribution in [2.24, 2.45) is 0 Å². The average Bonchev–Trinajstić information content (AvgIpc) is 1.56. The number of pyridine rings is 7. The fourth-order valence-electron chi connectivity index (χ4n) is 15.5. The molecular weight excluding hydrogens is 1560 g/mol. The number of benzene rings is 10. The van der Waals surface area contributed by atoms with Crippen molar-refractivity contribution >= 4 is 50.6 Å². The maximum atomic E-state index is 4.89. The van der Waals surface area contributed by atoms with E-state index in [1.165, 1.54) is 87.7 Å². The van der Waals surface area contributed by atoms with E-state index >= 15 is 0 Å². The van der Waals surface area contributed by atoms with Crippen molar-refractivity contribution in [1.82, 2.24) is 54.4 Å². The van der Waals surface area contributed by atoms with E-state index < -0.39 is 0 Å². The zero-order chi connectivity index (χ0) is 87.9. The summed E-state index contributed by atoms with van der Waals surface area (Å²) in [5, 5.41) is 2.66. The number of aryl methyl sites for hydroxylation is 15. The predicted octanol–water partition coefficient (Wildman–Crippen LogP) is 29.1. The summed E-state index contributed by atoms with van der Waals surface area (Å²) in [7, 11) is 0. The van der Waals surface area contributed by atoms with Crippen LogP contribution in [0, 0.1) is 104 Å². The highest BCUT2D eigenvalue weighted by molar-refractivity contribution is 7.99. The third kappa shape index (κ3) is 21.6. The Kier molecular flexibility index (Phi) is 27.1. The summed E-state index contributed by atoms with van der Waals surface area (Å²) in [6.07, 6.45) is 0. The van der Waals surface area contributed by atoms with Gasteiger partial charge in [-0.05, 0) is 327 Å². The van der Waals surface area contributed by atoms with Crippen LogP contribution in [-0.2, 0) is 0 Å². The number of hydrogen-bond acceptors (Lipinski definition) is 12. The van der Waals surface area contributed by atoms with Gasteiger partial charge in [0.1, 0.15) is 17.5 Å². The molecule has 620 valence electrons. The van der Waals surface area contributed by atoms with Crippen LogP contribution in [0.15, 0.2) is 356 Å². The number of hydrogen-bond donors (Lipinski definition) is 0. The smallest absolute Gasteiger partial charge is 0.129 e. The van der Waals surface area contributed by atoms with Crippen LogP contribution in [0.25, 0.3) is 118 Å². The lowest BCUT2D eigenvalue weighted by Crippen LogP contribution is -2.14. The molecule has 1 aliphatic heterocycles. The highest BCUT2D eigenvalue weighted by atomic mass is 32.2. The largest absolute Gasteiger partial charge is 0.309 e. The normalized spacial score (nSPS) is 11.1. The second-order valence-corrected chi connectivity index (χ2v) is 33.2. The molecular formula is C113H102N12S. The Morgan fingerprint density at radius 1 is 0.190 bits per heavy atom. The lowest BCUT2D eigenvalue weighted by Gasteiger charge is -2.33. The van der Waals surface area contributed by atoms with Crippen LogP contribution in [-0.4, -0.2) is 54.4 Å². The van der Waals surface area contributed by atoms with Gasteiger partial charge in [0, 0.05) is 111 Å². The molecule has 0 N–H and O–H groups in total. The zero-order valence-electron chi connectivity index (χ0n) is 74.2. The first kappa shape index (κ1) is 86.2. The van der Waals surface area contributed by atoms with E-state index in [0.717, 1.165) is 142 Å². The topological polar surface area (TPSA) is 137 Å². The molecule has 0 saturated carbocycles. The summed E-state index contributed by atoms with van der Waals surface area (Å²) >= 11 is 1.87. The lowest BCUT2D eigenvalue weighted by molar-refractivity contribution is 0.875. The van der Waals surface area contributed by atoms with E-state index in [-0.39, 0.29) is 0 Å². The van der Waals surface area contributed by atoms with Crippen molar-refractivity contribution in [2.45, 2.75) is 114 Å². The number of fused-ring (bicyclic) bond motifs is 5. The maximum Gasteiger partial charge on any atom is 0.129 e. The van der Waals surface area contributed by atoms with Crippen LogP contribution in [0.5, 0.6) is 0 Å². The summed E-state index contributed by atoms with van der Waals surface area (Å²) < 4.78 is 2.35. The molecule has 126 heavy (non-hydrogen) atoms. The molecule has 0 saturated heterocycles. The molecule has 12 nitrogen and oxygen atoms in total. The molecule has 9 aromatic heterocycles. The van der Waals surface area contributed by atoms with Crippen LogP contribution in [0.4, 0.5) is 17.1 Å². The summed E-state index contributed by atoms with van der Waals surface area (Å²) in [6.45, 7) is 30.5. The monoisotopic (exact) mass is 1660 g/mol. The number of anilines is 3. The number of aromatic nitrogens is 11. The highest BCUT2D eigenvalue weighted by Crippen LogP contribution is 2.52. The maximum absolute atomic E-state index is 4.89. The summed E-state index contributed by atoms with van der Waals surface area (Å²) in [6, 6.07) is 121. The van der Waals surface area contributed by atoms with Crippen molar-refractivity contribution in [3.63, 3.8) is 0 Å². The lowest BCUT2D eigenvalue weighted by atomic mass is 9.98. The van der Waals surface area contributed by atoms with E-state index in [0.29, 0.717) is 0 Å². The van der Waals surface area contributed by atoms with Gasteiger partial charge in [-0.2, -0.15) is 0 Å². The Labute approximate surface area is 745 Å². The summed E-state index contributed by atoms with van der Waals surface area (Å²) in [4.78, 5) is 49.9. The molecule has 13 heteroatoms. The Hall–Kier alpha value is -14.8. The molecule has 20 rings (SSSR count). The molecule has 0 aliphatic carbocycles. The number of nitrogens with zero attached hydrogens (tertiary/aromatic N) is 12. The number of para-hydroxylation sites is 2. The van der Waals surface area contributed by atoms with E-state index in [4.69, 9.17) is 19.9 Å². The minimum Gasteiger partial charge on any atom is -0.309 e. The second kappa shape index (κ2) is 39.6. The summed E-state index contributed by atoms with van der Waals surface area (Å²) in [5.41, 5.74) is 37.9. The van der Waals surface area contributed by atoms with Crippen LogP contribution < -0.4 is 4.90 Å². The van der Waals surface area contributed by atoms with Crippen LogP contribution in [0.2, 0.25) is 0 Å². The quantitative estimate of drug-likeness (QED) is 0.129. The van der Waals surface area contributed by atoms with Gasteiger partial charge in [0.15, 0.2) is 0 Å². The molecule has 0 unspecified atom stereocenters. The van der Waals surface area contributed by atoms with Gasteiger partial charge in [-0.25, -0.2) is 19.9 Å². The van der Waals surface area contributed by atoms with E-state index in [1.807, 2.05) is 171 Å². The average molecular weight is 1660 g/mol. The Morgan fingerprint density at radius 2 is 0.460 bits per heavy atom. The van der Waals surface area contributed by atoms with E-state index in [1.54, 1.807) is 0 Å². The molecule has 0 fully saturated rings. The molecule has 0 radical (unpaired) electrons. The molecule has 10 aromatic carbocycles. The van der Waals surface area contributed by atoms with Crippen LogP contribution in [0.1, 0.15) is 85.0 Å². The highest BCUT2D eigenvalue weighted by Gasteiger charge is 2.25. The van der Waals surface area contributed by atoms with Gasteiger partial charge in [0.05, 0.1) is 68.0 Å². The van der Waals surface area contributed by atoms with E-state index in [2.05, 4.69) is 330 Å². The Morgan fingerprint density at radius 3 is 0.817 bits per heavy atom. The SMILES string of the molecule is Cc1cc(-c2cccc(C)n2)cc(-c2cccc(C)n2)c1.Cc1ccc2c(c1)Sc1cc(C)ccc1N2c1ccccc1.Cc1ccc2c(c1)c1cc(C)ccc1n2-c1ccccc1.Cc1cccc(-c2cc(-c3cccc(C)n3)cc(-c3cccc(C)n3)c2)n1.Cc1cccc(-c2cccc(-c3cccc(-c4cccc(C)n4)c3)n2)c1.Cc1nc(C)nc(C)n1. The molecule has 0 bridgehead atoms. The van der Waals surface area contributed by atoms with Gasteiger partial charge in [-0.1, -0.05) is 168 Å². The third-order valence-corrected chi connectivity index (χ3v) is 22.4. The third-order valence-electron chi connectivity index (χ3n) is 21.3. The minimum atomic E-state index is 0.792. The van der Waals surface area contributed by atoms with Crippen LogP contribution in [0.3, 0.4) is 0 Å². The van der Waals surface area contributed by atoms with E-state index in [9.17, 15) is 0 Å². The molecule has 10 heterocycles. The van der Waals surface area contributed by atoms with Crippen molar-refractivity contribution in [3.8, 4) is 95.7 Å². The van der Waals surface area contributed by atoms with Crippen molar-refractivity contribution in [2.75, 3.05) is 4.90 Å². The van der Waals surface area contributed by atoms with Gasteiger partial charge in [0.25, 0.3) is 0 Å². The zero-order valence-corrected chi connectivity index (χ0v) is 75.0. The first-order valence-corrected chi connectivity index (χ1v) is 43.4. The van der Waals surface area contributed by atoms with Gasteiger partial charge in [-0.3, -0.25) is 29.9 Å². The standard InChI is InChI=1S/C24H21N3.C24H20N2.C20H17NS.C20H17N.C19H18N2.C6H9N3/c1-16-7-4-10-22(25-16)19-13-20(23-11-5-8-17(2)26-23)15-21(14-19)24-12-6-9-18(3)27-24;1-17-7-3-9-19(15-17)23-13-6-14-24(26-23)21-11-5-10-20(16-21)22-12-4-8-18(2)25-22;1-14-8-10-17-19(12-14)22-20-13-15(2)9-11-18(20)21(17)16-6-4-3-5-7-16;1-14-8-10-19-17(12-14)18-13-15(2)9-11-20(18)21(19)16-6-4-3-5-7-16;1-13-10-16(18-8-4-6-14(2)20-18)12-17(11-13)19-9-5-7-15(3)21-19;1-4-7-5(2)9-6(3)8-4/h4-15H,1-3H3;3-16H,1-2H3;3-13H,1-2H3;3-13H,1-2H3;4-12H,1-3H3;1-3H3. The molecule has 0 atom stereocenters. The van der Waals surface area contributed by atoms with Gasteiger partial charge in [0.2, 0.25) is 0 Å². The Balaban J connectivity index is 0.000000119. The molecule has 0 amide bonds. The van der Waals surface area contributed by atoms with Gasteiger partial charge in [-0.15, -0.1) is 0 Å². The van der Waals surface area contributed by atoms with Crippen molar-refractivity contribution < 1.29 is 0 Å². The molecule has 0 spiro atoms. The molecule has 1 aliphatic rings.